The highest BCUT2D eigenvalue weighted by Gasteiger charge is 2.48. The molecule has 0 aliphatic carbocycles. The number of fused-ring (bicyclic) bond motifs is 2. The van der Waals surface area contributed by atoms with E-state index in [0.717, 1.165) is 11.3 Å². The molecule has 2 aromatic heterocycles. The molecule has 0 radical (unpaired) electrons. The van der Waals surface area contributed by atoms with Gasteiger partial charge in [-0.15, -0.1) is 0 Å². The van der Waals surface area contributed by atoms with Crippen LogP contribution in [-0.2, 0) is 9.59 Å². The van der Waals surface area contributed by atoms with Crippen LogP contribution in [0.25, 0.3) is 16.0 Å². The summed E-state index contributed by atoms with van der Waals surface area (Å²) in [7, 11) is 0. The average molecular weight is 489 g/mol. The summed E-state index contributed by atoms with van der Waals surface area (Å²) in [5.41, 5.74) is 1.19. The van der Waals surface area contributed by atoms with Crippen LogP contribution in [0, 0.1) is 5.82 Å². The van der Waals surface area contributed by atoms with E-state index < -0.39 is 23.5 Å². The fourth-order valence-electron chi connectivity index (χ4n) is 4.22. The lowest BCUT2D eigenvalue weighted by molar-refractivity contribution is -0.132. The summed E-state index contributed by atoms with van der Waals surface area (Å²) in [6.07, 6.45) is 3.09. The maximum atomic E-state index is 13.8. The van der Waals surface area contributed by atoms with Crippen molar-refractivity contribution in [2.24, 2.45) is 0 Å². The Morgan fingerprint density at radius 2 is 1.91 bits per heavy atom. The number of thiazole rings is 1. The summed E-state index contributed by atoms with van der Waals surface area (Å²) in [4.78, 5) is 36.4. The standard InChI is InChI=1S/C25H16FN3O5S/c26-15-4-5-16-19(11-15)35-25(28-16)29-21(14-2-1-7-27-12-14)20(23(31)24(29)32)22(30)13-3-6-17-18(10-13)34-9-8-33-17/h1-7,10-12,21,30H,8-9H2/t21-/m0/s1. The molecule has 1 amide bonds. The molecule has 0 saturated carbocycles. The second kappa shape index (κ2) is 8.17. The fraction of sp³-hybridized carbons (Fsp3) is 0.120. The van der Waals surface area contributed by atoms with Crippen LogP contribution in [0.3, 0.4) is 0 Å². The van der Waals surface area contributed by atoms with Gasteiger partial charge in [0.2, 0.25) is 0 Å². The lowest BCUT2D eigenvalue weighted by Gasteiger charge is -2.23. The van der Waals surface area contributed by atoms with Crippen LogP contribution < -0.4 is 14.4 Å². The van der Waals surface area contributed by atoms with Gasteiger partial charge in [0.05, 0.1) is 21.8 Å². The average Bonchev–Trinajstić information content (AvgIpc) is 3.41. The number of hydrogen-bond acceptors (Lipinski definition) is 8. The summed E-state index contributed by atoms with van der Waals surface area (Å²) in [6.45, 7) is 0.770. The molecular formula is C25H16FN3O5S. The molecule has 35 heavy (non-hydrogen) atoms. The molecular weight excluding hydrogens is 473 g/mol. The highest BCUT2D eigenvalue weighted by molar-refractivity contribution is 7.22. The zero-order valence-corrected chi connectivity index (χ0v) is 18.8. The molecule has 1 N–H and O–H groups in total. The first-order chi connectivity index (χ1) is 17.0. The number of ketones is 1. The summed E-state index contributed by atoms with van der Waals surface area (Å²) in [5.74, 6) is -1.55. The van der Waals surface area contributed by atoms with Crippen molar-refractivity contribution in [2.75, 3.05) is 18.1 Å². The number of ether oxygens (including phenoxy) is 2. The van der Waals surface area contributed by atoms with Crippen LogP contribution in [0.1, 0.15) is 17.2 Å². The van der Waals surface area contributed by atoms with E-state index in [9.17, 15) is 19.1 Å². The van der Waals surface area contributed by atoms with Crippen molar-refractivity contribution < 1.29 is 28.6 Å². The highest BCUT2D eigenvalue weighted by Crippen LogP contribution is 2.44. The monoisotopic (exact) mass is 489 g/mol. The quantitative estimate of drug-likeness (QED) is 0.261. The number of hydrogen-bond donors (Lipinski definition) is 1. The Bertz CT molecular complexity index is 1530. The van der Waals surface area contributed by atoms with Gasteiger partial charge in [0.15, 0.2) is 16.6 Å². The van der Waals surface area contributed by atoms with Crippen LogP contribution in [-0.4, -0.2) is 40.0 Å². The minimum absolute atomic E-state index is 0.106. The molecule has 174 valence electrons. The molecule has 1 atom stereocenters. The van der Waals surface area contributed by atoms with Gasteiger partial charge in [-0.1, -0.05) is 17.4 Å². The van der Waals surface area contributed by atoms with Gasteiger partial charge in [-0.05, 0) is 48.0 Å². The largest absolute Gasteiger partial charge is 0.507 e. The van der Waals surface area contributed by atoms with Gasteiger partial charge in [-0.25, -0.2) is 9.37 Å². The van der Waals surface area contributed by atoms with E-state index in [-0.39, 0.29) is 16.5 Å². The van der Waals surface area contributed by atoms with Gasteiger partial charge < -0.3 is 14.6 Å². The topological polar surface area (TPSA) is 102 Å². The highest BCUT2D eigenvalue weighted by atomic mass is 32.1. The third-order valence-corrected chi connectivity index (χ3v) is 6.82. The first-order valence-electron chi connectivity index (χ1n) is 10.7. The Balaban J connectivity index is 1.53. The number of Topliss-reactive ketones (excluding diaryl/α,β-unsaturated/α-hetero) is 1. The molecule has 8 nitrogen and oxygen atoms in total. The molecule has 10 heteroatoms. The van der Waals surface area contributed by atoms with Crippen molar-refractivity contribution >= 4 is 44.1 Å². The number of aliphatic hydroxyl groups is 1. The number of carbonyl (C=O) groups excluding carboxylic acids is 2. The van der Waals surface area contributed by atoms with Gasteiger partial charge in [0, 0.05) is 18.0 Å². The zero-order valence-electron chi connectivity index (χ0n) is 18.0. The SMILES string of the molecule is O=C1C(=O)N(c2nc3ccc(F)cc3s2)[C@@H](c2cccnc2)C1=C(O)c1ccc2c(c1)OCCO2. The van der Waals surface area contributed by atoms with Crippen molar-refractivity contribution in [3.63, 3.8) is 0 Å². The Hall–Kier alpha value is -4.31. The Morgan fingerprint density at radius 1 is 1.09 bits per heavy atom. The summed E-state index contributed by atoms with van der Waals surface area (Å²) in [5, 5.41) is 11.5. The number of carbonyl (C=O) groups is 2. The molecule has 2 aliphatic rings. The van der Waals surface area contributed by atoms with E-state index in [4.69, 9.17) is 9.47 Å². The minimum Gasteiger partial charge on any atom is -0.507 e. The van der Waals surface area contributed by atoms with Crippen LogP contribution in [0.15, 0.2) is 66.5 Å². The van der Waals surface area contributed by atoms with Crippen molar-refractivity contribution in [3.05, 3.63) is 83.4 Å². The number of benzene rings is 2. The predicted molar refractivity (Wildman–Crippen MR) is 126 cm³/mol. The van der Waals surface area contributed by atoms with Crippen LogP contribution >= 0.6 is 11.3 Å². The molecule has 0 spiro atoms. The molecule has 0 bridgehead atoms. The number of halogens is 1. The number of amides is 1. The lowest BCUT2D eigenvalue weighted by atomic mass is 9.96. The molecule has 1 fully saturated rings. The second-order valence-corrected chi connectivity index (χ2v) is 8.93. The van der Waals surface area contributed by atoms with Gasteiger partial charge in [-0.3, -0.25) is 19.5 Å². The number of anilines is 1. The summed E-state index contributed by atoms with van der Waals surface area (Å²) >= 11 is 1.08. The number of aromatic nitrogens is 2. The summed E-state index contributed by atoms with van der Waals surface area (Å²) in [6, 6.07) is 11.3. The van der Waals surface area contributed by atoms with Gasteiger partial charge in [0.1, 0.15) is 24.8 Å². The molecule has 4 aromatic rings. The molecule has 2 aliphatic heterocycles. The first-order valence-corrected chi connectivity index (χ1v) is 11.5. The number of pyridine rings is 1. The van der Waals surface area contributed by atoms with Gasteiger partial charge in [-0.2, -0.15) is 0 Å². The van der Waals surface area contributed by atoms with E-state index in [1.807, 2.05) is 0 Å². The number of rotatable bonds is 3. The number of nitrogens with zero attached hydrogens (tertiary/aromatic N) is 3. The number of aliphatic hydroxyl groups excluding tert-OH is 1. The van der Waals surface area contributed by atoms with E-state index >= 15 is 0 Å². The third kappa shape index (κ3) is 3.50. The molecule has 4 heterocycles. The smallest absolute Gasteiger partial charge is 0.301 e. The van der Waals surface area contributed by atoms with Crippen molar-refractivity contribution in [1.29, 1.82) is 0 Å². The van der Waals surface area contributed by atoms with Crippen LogP contribution in [0.5, 0.6) is 11.5 Å². The molecule has 0 unspecified atom stereocenters. The van der Waals surface area contributed by atoms with E-state index in [0.29, 0.717) is 46.1 Å². The van der Waals surface area contributed by atoms with E-state index in [1.165, 1.54) is 29.3 Å². The second-order valence-electron chi connectivity index (χ2n) is 7.92. The van der Waals surface area contributed by atoms with Crippen molar-refractivity contribution in [1.82, 2.24) is 9.97 Å². The minimum atomic E-state index is -0.984. The van der Waals surface area contributed by atoms with Crippen molar-refractivity contribution in [3.8, 4) is 11.5 Å². The Labute approximate surface area is 201 Å². The van der Waals surface area contributed by atoms with Gasteiger partial charge in [0.25, 0.3) is 5.78 Å². The van der Waals surface area contributed by atoms with Crippen LogP contribution in [0.4, 0.5) is 9.52 Å². The molecule has 6 rings (SSSR count). The van der Waals surface area contributed by atoms with E-state index in [1.54, 1.807) is 36.5 Å². The van der Waals surface area contributed by atoms with Crippen LogP contribution in [0.2, 0.25) is 0 Å². The predicted octanol–water partition coefficient (Wildman–Crippen LogP) is 4.23. The van der Waals surface area contributed by atoms with E-state index in [2.05, 4.69) is 9.97 Å². The Kier molecular flexibility index (Phi) is 4.96. The third-order valence-electron chi connectivity index (χ3n) is 5.81. The first kappa shape index (κ1) is 21.2. The zero-order chi connectivity index (χ0) is 24.1. The normalized spacial score (nSPS) is 18.9. The molecule has 1 saturated heterocycles. The van der Waals surface area contributed by atoms with Crippen molar-refractivity contribution in [2.45, 2.75) is 6.04 Å². The summed E-state index contributed by atoms with van der Waals surface area (Å²) < 4.78 is 25.4. The lowest BCUT2D eigenvalue weighted by Crippen LogP contribution is -2.29. The maximum absolute atomic E-state index is 13.8. The van der Waals surface area contributed by atoms with Gasteiger partial charge >= 0.3 is 5.91 Å². The maximum Gasteiger partial charge on any atom is 0.301 e. The molecule has 2 aromatic carbocycles. The Morgan fingerprint density at radius 3 is 2.71 bits per heavy atom. The fourth-order valence-corrected chi connectivity index (χ4v) is 5.24.